The fraction of sp³-hybridized carbons (Fsp3) is 0.500. The summed E-state index contributed by atoms with van der Waals surface area (Å²) in [6.07, 6.45) is 10.6. The second kappa shape index (κ2) is 12.5. The van der Waals surface area contributed by atoms with Crippen molar-refractivity contribution in [1.29, 1.82) is 0 Å². The van der Waals surface area contributed by atoms with Crippen molar-refractivity contribution in [3.05, 3.63) is 41.5 Å². The van der Waals surface area contributed by atoms with Crippen LogP contribution in [0.3, 0.4) is 0 Å². The number of unbranched alkanes of at least 4 members (excludes halogenated alkanes) is 3. The van der Waals surface area contributed by atoms with E-state index in [4.69, 9.17) is 5.73 Å². The number of rotatable bonds is 12. The number of carboxylic acids is 1. The van der Waals surface area contributed by atoms with Crippen LogP contribution in [-0.2, 0) is 4.79 Å². The average Bonchev–Trinajstić information content (AvgIpc) is 2.59. The molecule has 4 heteroatoms. The Kier molecular flexibility index (Phi) is 10.5. The number of nitrogens with two attached hydrogens (primary N) is 1. The minimum atomic E-state index is -0.884. The Morgan fingerprint density at radius 1 is 1.21 bits per heavy atom. The van der Waals surface area contributed by atoms with Crippen LogP contribution < -0.4 is 5.73 Å². The predicted octanol–water partition coefficient (Wildman–Crippen LogP) is 4.30. The van der Waals surface area contributed by atoms with Gasteiger partial charge in [-0.15, -0.1) is 0 Å². The minimum Gasteiger partial charge on any atom is -0.480 e. The molecule has 4 nitrogen and oxygen atoms in total. The average molecular weight is 330 g/mol. The van der Waals surface area contributed by atoms with Crippen LogP contribution in [0.1, 0.15) is 57.4 Å². The SMILES string of the molecule is CCCCCC/C(C=NC(CCCN)C(=O)O)=C\c1ccccc1. The Hall–Kier alpha value is -1.94. The van der Waals surface area contributed by atoms with Gasteiger partial charge in [0.15, 0.2) is 0 Å². The number of hydrogen-bond acceptors (Lipinski definition) is 3. The molecule has 1 rings (SSSR count). The number of nitrogens with zero attached hydrogens (tertiary/aromatic N) is 1. The normalized spacial score (nSPS) is 13.3. The van der Waals surface area contributed by atoms with Crippen LogP contribution >= 0.6 is 0 Å². The van der Waals surface area contributed by atoms with Gasteiger partial charge < -0.3 is 10.8 Å². The van der Waals surface area contributed by atoms with E-state index in [1.54, 1.807) is 6.21 Å². The van der Waals surface area contributed by atoms with Crippen LogP contribution in [0.5, 0.6) is 0 Å². The van der Waals surface area contributed by atoms with Gasteiger partial charge in [0.2, 0.25) is 0 Å². The number of aliphatic imine (C=N–C) groups is 1. The molecular formula is C20H30N2O2. The van der Waals surface area contributed by atoms with Gasteiger partial charge in [-0.1, -0.05) is 62.6 Å². The first-order chi connectivity index (χ1) is 11.7. The quantitative estimate of drug-likeness (QED) is 0.443. The highest BCUT2D eigenvalue weighted by Crippen LogP contribution is 2.14. The first-order valence-electron chi connectivity index (χ1n) is 8.89. The van der Waals surface area contributed by atoms with Crippen molar-refractivity contribution in [3.63, 3.8) is 0 Å². The maximum atomic E-state index is 11.3. The molecule has 0 aliphatic carbocycles. The molecule has 0 aliphatic heterocycles. The molecule has 0 aromatic heterocycles. The molecule has 0 spiro atoms. The highest BCUT2D eigenvalue weighted by Gasteiger charge is 2.14. The van der Waals surface area contributed by atoms with E-state index in [1.807, 2.05) is 30.3 Å². The van der Waals surface area contributed by atoms with Crippen LogP contribution in [-0.4, -0.2) is 29.9 Å². The highest BCUT2D eigenvalue weighted by atomic mass is 16.4. The molecule has 0 heterocycles. The molecular weight excluding hydrogens is 300 g/mol. The van der Waals surface area contributed by atoms with Crippen molar-refractivity contribution >= 4 is 18.3 Å². The lowest BCUT2D eigenvalue weighted by atomic mass is 10.0. The summed E-state index contributed by atoms with van der Waals surface area (Å²) in [6, 6.07) is 9.37. The van der Waals surface area contributed by atoms with Gasteiger partial charge in [-0.05, 0) is 43.4 Å². The van der Waals surface area contributed by atoms with Crippen molar-refractivity contribution in [2.24, 2.45) is 10.7 Å². The zero-order chi connectivity index (χ0) is 17.6. The number of hydrogen-bond donors (Lipinski definition) is 2. The highest BCUT2D eigenvalue weighted by molar-refractivity contribution is 5.87. The van der Waals surface area contributed by atoms with Gasteiger partial charge in [0.05, 0.1) is 0 Å². The summed E-state index contributed by atoms with van der Waals surface area (Å²) < 4.78 is 0. The van der Waals surface area contributed by atoms with Gasteiger partial charge in [-0.3, -0.25) is 4.99 Å². The van der Waals surface area contributed by atoms with Gasteiger partial charge in [0, 0.05) is 6.21 Å². The topological polar surface area (TPSA) is 75.7 Å². The molecule has 1 aromatic carbocycles. The summed E-state index contributed by atoms with van der Waals surface area (Å²) >= 11 is 0. The smallest absolute Gasteiger partial charge is 0.328 e. The van der Waals surface area contributed by atoms with E-state index < -0.39 is 12.0 Å². The lowest BCUT2D eigenvalue weighted by Gasteiger charge is -2.08. The number of aliphatic carboxylic acids is 1. The predicted molar refractivity (Wildman–Crippen MR) is 101 cm³/mol. The van der Waals surface area contributed by atoms with Crippen LogP contribution in [0.4, 0.5) is 0 Å². The maximum Gasteiger partial charge on any atom is 0.328 e. The Labute approximate surface area is 145 Å². The summed E-state index contributed by atoms with van der Waals surface area (Å²) in [4.78, 5) is 15.6. The Morgan fingerprint density at radius 3 is 2.58 bits per heavy atom. The van der Waals surface area contributed by atoms with E-state index in [0.29, 0.717) is 19.4 Å². The van der Waals surface area contributed by atoms with E-state index >= 15 is 0 Å². The van der Waals surface area contributed by atoms with Crippen LogP contribution in [0.2, 0.25) is 0 Å². The number of carbonyl (C=O) groups is 1. The van der Waals surface area contributed by atoms with Crippen molar-refractivity contribution in [1.82, 2.24) is 0 Å². The molecule has 0 bridgehead atoms. The van der Waals surface area contributed by atoms with Gasteiger partial charge in [-0.2, -0.15) is 0 Å². The zero-order valence-electron chi connectivity index (χ0n) is 14.7. The summed E-state index contributed by atoms with van der Waals surface area (Å²) in [5, 5.41) is 9.27. The molecule has 0 amide bonds. The lowest BCUT2D eigenvalue weighted by molar-refractivity contribution is -0.138. The van der Waals surface area contributed by atoms with Crippen molar-refractivity contribution in [2.45, 2.75) is 57.9 Å². The fourth-order valence-electron chi connectivity index (χ4n) is 2.45. The van der Waals surface area contributed by atoms with E-state index in [1.165, 1.54) is 19.3 Å². The van der Waals surface area contributed by atoms with Gasteiger partial charge >= 0.3 is 5.97 Å². The number of carboxylic acid groups (broad SMARTS) is 1. The standard InChI is InChI=1S/C20H30N2O2/c1-2-3-4-6-12-18(15-17-10-7-5-8-11-17)16-22-19(20(23)24)13-9-14-21/h5,7-8,10-11,15-16,19H,2-4,6,9,12-14,21H2,1H3,(H,23,24)/b18-15+,22-16?. The summed E-state index contributed by atoms with van der Waals surface area (Å²) in [7, 11) is 0. The summed E-state index contributed by atoms with van der Waals surface area (Å²) in [6.45, 7) is 2.68. The lowest BCUT2D eigenvalue weighted by Crippen LogP contribution is -2.19. The van der Waals surface area contributed by atoms with Crippen LogP contribution in [0.25, 0.3) is 6.08 Å². The van der Waals surface area contributed by atoms with E-state index in [-0.39, 0.29) is 0 Å². The Balaban J connectivity index is 2.80. The molecule has 0 saturated carbocycles. The van der Waals surface area contributed by atoms with Gasteiger partial charge in [-0.25, -0.2) is 4.79 Å². The van der Waals surface area contributed by atoms with Gasteiger partial charge in [0.25, 0.3) is 0 Å². The number of benzene rings is 1. The monoisotopic (exact) mass is 330 g/mol. The molecule has 0 fully saturated rings. The molecule has 1 aromatic rings. The first-order valence-corrected chi connectivity index (χ1v) is 8.89. The first kappa shape index (κ1) is 20.1. The second-order valence-corrected chi connectivity index (χ2v) is 6.00. The van der Waals surface area contributed by atoms with Gasteiger partial charge in [0.1, 0.15) is 6.04 Å². The Bertz CT molecular complexity index is 524. The van der Waals surface area contributed by atoms with E-state index in [2.05, 4.69) is 18.0 Å². The van der Waals surface area contributed by atoms with E-state index in [0.717, 1.165) is 24.0 Å². The third-order valence-electron chi connectivity index (χ3n) is 3.86. The number of allylic oxidation sites excluding steroid dienone is 1. The molecule has 3 N–H and O–H groups in total. The summed E-state index contributed by atoms with van der Waals surface area (Å²) in [5.74, 6) is -0.884. The molecule has 0 aliphatic rings. The molecule has 132 valence electrons. The second-order valence-electron chi connectivity index (χ2n) is 6.00. The maximum absolute atomic E-state index is 11.3. The third-order valence-corrected chi connectivity index (χ3v) is 3.86. The zero-order valence-corrected chi connectivity index (χ0v) is 14.7. The Morgan fingerprint density at radius 2 is 1.96 bits per heavy atom. The molecule has 1 atom stereocenters. The van der Waals surface area contributed by atoms with E-state index in [9.17, 15) is 9.90 Å². The third kappa shape index (κ3) is 8.63. The largest absolute Gasteiger partial charge is 0.480 e. The van der Waals surface area contributed by atoms with Crippen LogP contribution in [0.15, 0.2) is 40.9 Å². The fourth-order valence-corrected chi connectivity index (χ4v) is 2.45. The van der Waals surface area contributed by atoms with Crippen molar-refractivity contribution in [3.8, 4) is 0 Å². The van der Waals surface area contributed by atoms with Crippen molar-refractivity contribution < 1.29 is 9.90 Å². The molecule has 1 unspecified atom stereocenters. The van der Waals surface area contributed by atoms with Crippen LogP contribution in [0, 0.1) is 0 Å². The molecule has 24 heavy (non-hydrogen) atoms. The summed E-state index contributed by atoms with van der Waals surface area (Å²) in [5.41, 5.74) is 7.67. The molecule has 0 radical (unpaired) electrons. The van der Waals surface area contributed by atoms with Crippen molar-refractivity contribution in [2.75, 3.05) is 6.54 Å². The molecule has 0 saturated heterocycles. The minimum absolute atomic E-state index is 0.483.